The van der Waals surface area contributed by atoms with Crippen molar-refractivity contribution >= 4 is 11.9 Å². The van der Waals surface area contributed by atoms with Crippen LogP contribution in [0.2, 0.25) is 0 Å². The minimum absolute atomic E-state index is 0.0719. The minimum Gasteiger partial charge on any atom is -0.466 e. The summed E-state index contributed by atoms with van der Waals surface area (Å²) in [4.78, 5) is 25.8. The zero-order valence-electron chi connectivity index (χ0n) is 12.8. The molecule has 0 aromatic heterocycles. The van der Waals surface area contributed by atoms with Crippen molar-refractivity contribution in [3.63, 3.8) is 0 Å². The Balaban J connectivity index is 1.77. The van der Waals surface area contributed by atoms with Crippen molar-refractivity contribution in [1.29, 1.82) is 0 Å². The van der Waals surface area contributed by atoms with Crippen LogP contribution in [0.4, 0.5) is 0 Å². The molecular weight excluding hydrogens is 254 g/mol. The molecule has 0 aliphatic heterocycles. The minimum atomic E-state index is -0.0719. The number of carbonyl (C=O) groups is 2. The molecule has 0 aromatic rings. The molecule has 0 heterocycles. The average molecular weight is 281 g/mol. The highest BCUT2D eigenvalue weighted by Crippen LogP contribution is 2.35. The maximum Gasteiger partial charge on any atom is 0.306 e. The molecule has 2 aliphatic rings. The number of ether oxygens (including phenoxy) is 1. The van der Waals surface area contributed by atoms with Crippen LogP contribution in [0.1, 0.15) is 58.8 Å². The lowest BCUT2D eigenvalue weighted by atomic mass is 9.83. The molecule has 0 N–H and O–H groups in total. The SMILES string of the molecule is CCOC(=O)C[C@H]1CC[C@H](N(CC)C(=O)C2CC2)CC1. The Morgan fingerprint density at radius 2 is 1.70 bits per heavy atom. The second-order valence-electron chi connectivity index (χ2n) is 6.08. The lowest BCUT2D eigenvalue weighted by Gasteiger charge is -2.36. The zero-order valence-corrected chi connectivity index (χ0v) is 12.8. The third kappa shape index (κ3) is 3.97. The van der Waals surface area contributed by atoms with Crippen molar-refractivity contribution < 1.29 is 14.3 Å². The number of amides is 1. The summed E-state index contributed by atoms with van der Waals surface area (Å²) in [6.07, 6.45) is 6.85. The first-order valence-electron chi connectivity index (χ1n) is 8.11. The normalized spacial score (nSPS) is 26.1. The highest BCUT2D eigenvalue weighted by Gasteiger charge is 2.36. The van der Waals surface area contributed by atoms with Gasteiger partial charge in [-0.3, -0.25) is 9.59 Å². The molecule has 2 aliphatic carbocycles. The van der Waals surface area contributed by atoms with Crippen LogP contribution >= 0.6 is 0 Å². The Morgan fingerprint density at radius 1 is 1.05 bits per heavy atom. The summed E-state index contributed by atoms with van der Waals surface area (Å²) >= 11 is 0. The first-order chi connectivity index (χ1) is 9.65. The smallest absolute Gasteiger partial charge is 0.306 e. The maximum absolute atomic E-state index is 12.2. The Kier molecular flexibility index (Phi) is 5.44. The van der Waals surface area contributed by atoms with Crippen molar-refractivity contribution in [3.8, 4) is 0 Å². The van der Waals surface area contributed by atoms with E-state index < -0.39 is 0 Å². The van der Waals surface area contributed by atoms with Crippen molar-refractivity contribution in [2.45, 2.75) is 64.8 Å². The summed E-state index contributed by atoms with van der Waals surface area (Å²) < 4.78 is 5.01. The van der Waals surface area contributed by atoms with Crippen LogP contribution in [0.15, 0.2) is 0 Å². The average Bonchev–Trinajstić information content (AvgIpc) is 3.26. The molecule has 0 spiro atoms. The molecule has 1 amide bonds. The highest BCUT2D eigenvalue weighted by molar-refractivity contribution is 5.81. The van der Waals surface area contributed by atoms with Gasteiger partial charge in [0.05, 0.1) is 6.61 Å². The van der Waals surface area contributed by atoms with Gasteiger partial charge in [0.25, 0.3) is 0 Å². The molecule has 2 saturated carbocycles. The van der Waals surface area contributed by atoms with E-state index in [1.54, 1.807) is 0 Å². The first-order valence-corrected chi connectivity index (χ1v) is 8.11. The van der Waals surface area contributed by atoms with E-state index >= 15 is 0 Å². The Bertz CT molecular complexity index is 344. The number of hydrogen-bond acceptors (Lipinski definition) is 3. The van der Waals surface area contributed by atoms with Crippen molar-refractivity contribution in [2.75, 3.05) is 13.2 Å². The fraction of sp³-hybridized carbons (Fsp3) is 0.875. The van der Waals surface area contributed by atoms with Gasteiger partial charge in [-0.2, -0.15) is 0 Å². The second kappa shape index (κ2) is 7.09. The predicted octanol–water partition coefficient (Wildman–Crippen LogP) is 2.76. The Morgan fingerprint density at radius 3 is 2.20 bits per heavy atom. The van der Waals surface area contributed by atoms with Crippen molar-refractivity contribution in [3.05, 3.63) is 0 Å². The standard InChI is InChI=1S/C16H27NO3/c1-3-17(16(19)13-7-8-13)14-9-5-12(6-10-14)11-15(18)20-4-2/h12-14H,3-11H2,1-2H3/t12-,14-. The molecule has 4 nitrogen and oxygen atoms in total. The van der Waals surface area contributed by atoms with Crippen molar-refractivity contribution in [1.82, 2.24) is 4.90 Å². The van der Waals surface area contributed by atoms with Gasteiger partial charge in [-0.1, -0.05) is 0 Å². The summed E-state index contributed by atoms with van der Waals surface area (Å²) in [6, 6.07) is 0.395. The van der Waals surface area contributed by atoms with E-state index in [-0.39, 0.29) is 5.97 Å². The maximum atomic E-state index is 12.2. The third-order valence-electron chi connectivity index (χ3n) is 4.57. The summed E-state index contributed by atoms with van der Waals surface area (Å²) in [5.41, 5.74) is 0. The molecule has 114 valence electrons. The highest BCUT2D eigenvalue weighted by atomic mass is 16.5. The lowest BCUT2D eigenvalue weighted by Crippen LogP contribution is -2.43. The van der Waals surface area contributed by atoms with Gasteiger partial charge in [0.2, 0.25) is 5.91 Å². The molecule has 20 heavy (non-hydrogen) atoms. The molecule has 0 bridgehead atoms. The van der Waals surface area contributed by atoms with Crippen LogP contribution in [0.25, 0.3) is 0 Å². The largest absolute Gasteiger partial charge is 0.466 e. The Labute approximate surface area is 121 Å². The van der Waals surface area contributed by atoms with Crippen LogP contribution in [0, 0.1) is 11.8 Å². The van der Waals surface area contributed by atoms with Gasteiger partial charge in [-0.15, -0.1) is 0 Å². The molecule has 2 fully saturated rings. The van der Waals surface area contributed by atoms with Crippen LogP contribution in [-0.2, 0) is 14.3 Å². The summed E-state index contributed by atoms with van der Waals surface area (Å²) in [5.74, 6) is 1.05. The quantitative estimate of drug-likeness (QED) is 0.703. The van der Waals surface area contributed by atoms with E-state index in [2.05, 4.69) is 11.8 Å². The monoisotopic (exact) mass is 281 g/mol. The summed E-state index contributed by atoms with van der Waals surface area (Å²) in [5, 5.41) is 0. The van der Waals surface area contributed by atoms with Crippen LogP contribution in [0.3, 0.4) is 0 Å². The van der Waals surface area contributed by atoms with E-state index in [0.717, 1.165) is 45.1 Å². The fourth-order valence-electron chi connectivity index (χ4n) is 3.28. The predicted molar refractivity (Wildman–Crippen MR) is 77.1 cm³/mol. The Hall–Kier alpha value is -1.06. The van der Waals surface area contributed by atoms with Gasteiger partial charge in [0.1, 0.15) is 0 Å². The molecule has 0 aromatic carbocycles. The first kappa shape index (κ1) is 15.3. The van der Waals surface area contributed by atoms with Gasteiger partial charge < -0.3 is 9.64 Å². The van der Waals surface area contributed by atoms with Crippen LogP contribution in [0.5, 0.6) is 0 Å². The number of rotatable bonds is 6. The molecule has 4 heteroatoms. The molecule has 0 atom stereocenters. The number of carbonyl (C=O) groups excluding carboxylic acids is 2. The molecule has 0 radical (unpaired) electrons. The second-order valence-corrected chi connectivity index (χ2v) is 6.08. The topological polar surface area (TPSA) is 46.6 Å². The number of hydrogen-bond donors (Lipinski definition) is 0. The van der Waals surface area contributed by atoms with Crippen LogP contribution < -0.4 is 0 Å². The zero-order chi connectivity index (χ0) is 14.5. The fourth-order valence-corrected chi connectivity index (χ4v) is 3.28. The summed E-state index contributed by atoms with van der Waals surface area (Å²) in [7, 11) is 0. The number of esters is 1. The van der Waals surface area contributed by atoms with Gasteiger partial charge in [0.15, 0.2) is 0 Å². The molecule has 0 unspecified atom stereocenters. The van der Waals surface area contributed by atoms with Crippen molar-refractivity contribution in [2.24, 2.45) is 11.8 Å². The van der Waals surface area contributed by atoms with E-state index in [1.807, 2.05) is 6.92 Å². The lowest BCUT2D eigenvalue weighted by molar-refractivity contribution is -0.145. The van der Waals surface area contributed by atoms with E-state index in [1.165, 1.54) is 0 Å². The van der Waals surface area contributed by atoms with E-state index in [0.29, 0.717) is 36.8 Å². The van der Waals surface area contributed by atoms with Gasteiger partial charge in [-0.05, 0) is 58.3 Å². The molecule has 2 rings (SSSR count). The molecular formula is C16H27NO3. The van der Waals surface area contributed by atoms with Gasteiger partial charge >= 0.3 is 5.97 Å². The molecule has 0 saturated heterocycles. The van der Waals surface area contributed by atoms with Crippen LogP contribution in [-0.4, -0.2) is 36.0 Å². The van der Waals surface area contributed by atoms with Gasteiger partial charge in [0, 0.05) is 24.9 Å². The number of nitrogens with zero attached hydrogens (tertiary/aromatic N) is 1. The van der Waals surface area contributed by atoms with E-state index in [4.69, 9.17) is 4.74 Å². The van der Waals surface area contributed by atoms with E-state index in [9.17, 15) is 9.59 Å². The third-order valence-corrected chi connectivity index (χ3v) is 4.57. The van der Waals surface area contributed by atoms with Gasteiger partial charge in [-0.25, -0.2) is 0 Å². The summed E-state index contributed by atoms with van der Waals surface area (Å²) in [6.45, 7) is 5.21.